The Balaban J connectivity index is 1.50. The molecule has 3 aliphatic rings. The summed E-state index contributed by atoms with van der Waals surface area (Å²) in [4.78, 5) is 29.1. The zero-order valence-corrected chi connectivity index (χ0v) is 17.0. The van der Waals surface area contributed by atoms with Crippen LogP contribution in [0.5, 0.6) is 0 Å². The fourth-order valence-electron chi connectivity index (χ4n) is 3.62. The van der Waals surface area contributed by atoms with E-state index in [0.29, 0.717) is 22.4 Å². The van der Waals surface area contributed by atoms with Gasteiger partial charge in [-0.15, -0.1) is 0 Å². The first-order valence-electron chi connectivity index (χ1n) is 9.72. The first-order valence-corrected chi connectivity index (χ1v) is 9.72. The van der Waals surface area contributed by atoms with Gasteiger partial charge in [0.2, 0.25) is 0 Å². The molecule has 1 N–H and O–H groups in total. The Labute approximate surface area is 174 Å². The standard InChI is InChI=1S/C23H23NO6/c1-22(2,3)30-21(26)16-10-7-11-18-19(16)17-12-15(29-23(17,27)24-18)13-28-20(25)14-8-5-4-6-9-14/h4-12,15,19,27H,13H2,1-3H3/t15-,19?,23+/m0/s1. The van der Waals surface area contributed by atoms with Gasteiger partial charge in [0.25, 0.3) is 5.91 Å². The summed E-state index contributed by atoms with van der Waals surface area (Å²) in [5.74, 6) is -3.42. The average Bonchev–Trinajstić information content (AvgIpc) is 3.14. The molecule has 0 amide bonds. The van der Waals surface area contributed by atoms with Crippen LogP contribution in [-0.4, -0.2) is 47.0 Å². The molecule has 0 spiro atoms. The molecule has 7 nitrogen and oxygen atoms in total. The van der Waals surface area contributed by atoms with Crippen LogP contribution in [0.25, 0.3) is 0 Å². The highest BCUT2D eigenvalue weighted by Gasteiger charge is 2.53. The zero-order valence-electron chi connectivity index (χ0n) is 17.0. The molecule has 0 radical (unpaired) electrons. The third-order valence-corrected chi connectivity index (χ3v) is 4.82. The Kier molecular flexibility index (Phi) is 4.95. The first kappa shape index (κ1) is 20.3. The Morgan fingerprint density at radius 2 is 1.93 bits per heavy atom. The molecule has 0 saturated carbocycles. The summed E-state index contributed by atoms with van der Waals surface area (Å²) in [6.45, 7) is 5.29. The minimum absolute atomic E-state index is 0.0849. The lowest BCUT2D eigenvalue weighted by Gasteiger charge is -2.25. The van der Waals surface area contributed by atoms with Crippen molar-refractivity contribution < 1.29 is 28.9 Å². The van der Waals surface area contributed by atoms with Crippen molar-refractivity contribution in [1.29, 1.82) is 0 Å². The number of aliphatic imine (C=N–C) groups is 1. The van der Waals surface area contributed by atoms with Gasteiger partial charge in [-0.25, -0.2) is 14.6 Å². The SMILES string of the molecule is CC(C)(C)OC(=O)C1=CC=CC2=N[C@]3(O)O[C@H](COC(=O)c4ccccc4)C=C3C12. The smallest absolute Gasteiger partial charge is 0.338 e. The molecule has 30 heavy (non-hydrogen) atoms. The van der Waals surface area contributed by atoms with Gasteiger partial charge in [0, 0.05) is 5.57 Å². The molecule has 0 aromatic heterocycles. The van der Waals surface area contributed by atoms with Crippen LogP contribution >= 0.6 is 0 Å². The van der Waals surface area contributed by atoms with E-state index in [1.165, 1.54) is 0 Å². The Hall–Kier alpha value is -3.03. The van der Waals surface area contributed by atoms with Crippen molar-refractivity contribution in [1.82, 2.24) is 0 Å². The van der Waals surface area contributed by atoms with Crippen molar-refractivity contribution in [2.45, 2.75) is 38.4 Å². The highest BCUT2D eigenvalue weighted by Crippen LogP contribution is 2.46. The van der Waals surface area contributed by atoms with E-state index in [4.69, 9.17) is 14.2 Å². The van der Waals surface area contributed by atoms with Crippen LogP contribution in [0.3, 0.4) is 0 Å². The number of carbonyl (C=O) groups excluding carboxylic acids is 2. The number of benzene rings is 1. The van der Waals surface area contributed by atoms with Gasteiger partial charge in [0.15, 0.2) is 0 Å². The van der Waals surface area contributed by atoms with Crippen molar-refractivity contribution in [2.24, 2.45) is 10.9 Å². The molecule has 1 unspecified atom stereocenters. The topological polar surface area (TPSA) is 94.4 Å². The van der Waals surface area contributed by atoms with Crippen molar-refractivity contribution in [3.63, 3.8) is 0 Å². The molecule has 4 rings (SSSR count). The number of fused-ring (bicyclic) bond motifs is 3. The first-order chi connectivity index (χ1) is 14.2. The van der Waals surface area contributed by atoms with Crippen molar-refractivity contribution in [2.75, 3.05) is 6.61 Å². The largest absolute Gasteiger partial charge is 0.459 e. The van der Waals surface area contributed by atoms with Crippen LogP contribution in [-0.2, 0) is 19.0 Å². The van der Waals surface area contributed by atoms with Gasteiger partial charge >= 0.3 is 11.9 Å². The maximum atomic E-state index is 12.7. The number of ether oxygens (including phenoxy) is 3. The second-order valence-electron chi connectivity index (χ2n) is 8.30. The maximum Gasteiger partial charge on any atom is 0.338 e. The van der Waals surface area contributed by atoms with E-state index >= 15 is 0 Å². The maximum absolute atomic E-state index is 12.7. The van der Waals surface area contributed by atoms with Gasteiger partial charge < -0.3 is 19.3 Å². The average molecular weight is 409 g/mol. The van der Waals surface area contributed by atoms with E-state index in [2.05, 4.69) is 4.99 Å². The minimum Gasteiger partial charge on any atom is -0.459 e. The summed E-state index contributed by atoms with van der Waals surface area (Å²) < 4.78 is 16.5. The molecule has 0 saturated heterocycles. The number of aliphatic hydroxyl groups is 1. The van der Waals surface area contributed by atoms with E-state index in [1.54, 1.807) is 69.3 Å². The minimum atomic E-state index is -1.89. The van der Waals surface area contributed by atoms with Gasteiger partial charge in [-0.05, 0) is 45.1 Å². The number of allylic oxidation sites excluding steroid dienone is 3. The molecule has 1 aromatic rings. The van der Waals surface area contributed by atoms with Gasteiger partial charge in [-0.1, -0.05) is 30.4 Å². The number of nitrogens with zero attached hydrogens (tertiary/aromatic N) is 1. The monoisotopic (exact) mass is 409 g/mol. The lowest BCUT2D eigenvalue weighted by Crippen LogP contribution is -2.32. The number of hydrogen-bond acceptors (Lipinski definition) is 7. The summed E-state index contributed by atoms with van der Waals surface area (Å²) in [5, 5.41) is 10.9. The number of hydrogen-bond donors (Lipinski definition) is 1. The van der Waals surface area contributed by atoms with Gasteiger partial charge in [-0.2, -0.15) is 0 Å². The highest BCUT2D eigenvalue weighted by molar-refractivity contribution is 6.10. The molecule has 3 atom stereocenters. The second kappa shape index (κ2) is 7.34. The van der Waals surface area contributed by atoms with Crippen LogP contribution in [0.4, 0.5) is 0 Å². The van der Waals surface area contributed by atoms with Crippen molar-refractivity contribution in [3.05, 3.63) is 71.3 Å². The summed E-state index contributed by atoms with van der Waals surface area (Å²) in [6, 6.07) is 8.61. The molecule has 2 heterocycles. The fraction of sp³-hybridized carbons (Fsp3) is 0.348. The predicted octanol–water partition coefficient (Wildman–Crippen LogP) is 2.72. The summed E-state index contributed by atoms with van der Waals surface area (Å²) in [5.41, 5.74) is 1.10. The normalized spacial score (nSPS) is 26.9. The Morgan fingerprint density at radius 1 is 1.20 bits per heavy atom. The predicted molar refractivity (Wildman–Crippen MR) is 109 cm³/mol. The van der Waals surface area contributed by atoms with E-state index in [1.807, 2.05) is 6.07 Å². The van der Waals surface area contributed by atoms with E-state index in [9.17, 15) is 14.7 Å². The summed E-state index contributed by atoms with van der Waals surface area (Å²) >= 11 is 0. The molecule has 7 heteroatoms. The molecule has 2 aliphatic heterocycles. The third-order valence-electron chi connectivity index (χ3n) is 4.82. The van der Waals surface area contributed by atoms with Crippen molar-refractivity contribution in [3.8, 4) is 0 Å². The Bertz CT molecular complexity index is 998. The highest BCUT2D eigenvalue weighted by atomic mass is 16.7. The quantitative estimate of drug-likeness (QED) is 0.607. The van der Waals surface area contributed by atoms with Gasteiger partial charge in [-0.3, -0.25) is 0 Å². The molecule has 1 aromatic carbocycles. The van der Waals surface area contributed by atoms with Crippen molar-refractivity contribution >= 4 is 17.7 Å². The van der Waals surface area contributed by atoms with E-state index < -0.39 is 35.5 Å². The molecule has 0 bridgehead atoms. The van der Waals surface area contributed by atoms with E-state index in [-0.39, 0.29) is 6.61 Å². The molecular formula is C23H23NO6. The third kappa shape index (κ3) is 3.86. The van der Waals surface area contributed by atoms with Crippen LogP contribution in [0, 0.1) is 5.92 Å². The lowest BCUT2D eigenvalue weighted by molar-refractivity contribution is -0.176. The van der Waals surface area contributed by atoms with Crippen LogP contribution in [0.2, 0.25) is 0 Å². The van der Waals surface area contributed by atoms with Crippen LogP contribution in [0.15, 0.2) is 70.8 Å². The molecular weight excluding hydrogens is 386 g/mol. The summed E-state index contributed by atoms with van der Waals surface area (Å²) in [6.07, 6.45) is 6.06. The lowest BCUT2D eigenvalue weighted by atomic mass is 9.84. The molecule has 156 valence electrons. The van der Waals surface area contributed by atoms with Crippen LogP contribution < -0.4 is 0 Å². The van der Waals surface area contributed by atoms with Gasteiger partial charge in [0.1, 0.15) is 18.3 Å². The second-order valence-corrected chi connectivity index (χ2v) is 8.30. The number of carbonyl (C=O) groups is 2. The summed E-state index contributed by atoms with van der Waals surface area (Å²) in [7, 11) is 0. The number of rotatable bonds is 4. The fourth-order valence-corrected chi connectivity index (χ4v) is 3.62. The van der Waals surface area contributed by atoms with Crippen LogP contribution in [0.1, 0.15) is 31.1 Å². The van der Waals surface area contributed by atoms with Gasteiger partial charge in [0.05, 0.1) is 22.8 Å². The molecule has 1 aliphatic carbocycles. The number of esters is 2. The molecule has 0 fully saturated rings. The van der Waals surface area contributed by atoms with E-state index in [0.717, 1.165) is 0 Å². The Morgan fingerprint density at radius 3 is 2.63 bits per heavy atom. The zero-order chi connectivity index (χ0) is 21.5.